The van der Waals surface area contributed by atoms with E-state index in [-0.39, 0.29) is 6.09 Å². The average molecular weight is 362 g/mol. The molecule has 1 aliphatic heterocycles. The molecule has 1 aliphatic rings. The van der Waals surface area contributed by atoms with Gasteiger partial charge in [-0.05, 0) is 38.0 Å². The summed E-state index contributed by atoms with van der Waals surface area (Å²) in [6.07, 6.45) is -0.235. The second kappa shape index (κ2) is 9.89. The Hall–Kier alpha value is -2.44. The Bertz CT molecular complexity index is 625. The first-order valence-corrected chi connectivity index (χ1v) is 9.17. The van der Waals surface area contributed by atoms with E-state index in [1.807, 2.05) is 19.9 Å². The summed E-state index contributed by atoms with van der Waals surface area (Å²) < 4.78 is 10.5. The molecule has 0 aromatic heterocycles. The Kier molecular flexibility index (Phi) is 7.56. The zero-order chi connectivity index (χ0) is 18.9. The molecular weight excluding hydrogens is 332 g/mol. The molecule has 144 valence electrons. The number of aliphatic imine (C=N–C) groups is 1. The van der Waals surface area contributed by atoms with E-state index in [4.69, 9.17) is 14.5 Å². The first-order chi connectivity index (χ1) is 12.6. The first kappa shape index (κ1) is 19.9. The van der Waals surface area contributed by atoms with Gasteiger partial charge < -0.3 is 24.6 Å². The number of carbonyl (C=O) groups is 1. The number of guanidine groups is 1. The quantitative estimate of drug-likeness (QED) is 0.643. The third kappa shape index (κ3) is 5.28. The molecule has 1 saturated heterocycles. The topological polar surface area (TPSA) is 66.4 Å². The van der Waals surface area contributed by atoms with Crippen molar-refractivity contribution >= 4 is 12.1 Å². The van der Waals surface area contributed by atoms with Crippen LogP contribution in [0.2, 0.25) is 0 Å². The number of hydrogen-bond acceptors (Lipinski definition) is 4. The van der Waals surface area contributed by atoms with Crippen LogP contribution < -0.4 is 10.1 Å². The number of methoxy groups -OCH3 is 1. The summed E-state index contributed by atoms with van der Waals surface area (Å²) in [4.78, 5) is 20.5. The lowest BCUT2D eigenvalue weighted by Gasteiger charge is -2.35. The van der Waals surface area contributed by atoms with Crippen LogP contribution in [0, 0.1) is 6.92 Å². The van der Waals surface area contributed by atoms with Crippen LogP contribution in [0.1, 0.15) is 25.0 Å². The minimum absolute atomic E-state index is 0.235. The van der Waals surface area contributed by atoms with Crippen LogP contribution in [0.15, 0.2) is 23.2 Å². The van der Waals surface area contributed by atoms with Gasteiger partial charge in [-0.25, -0.2) is 9.79 Å². The third-order valence-corrected chi connectivity index (χ3v) is 4.32. The van der Waals surface area contributed by atoms with Crippen molar-refractivity contribution in [1.29, 1.82) is 0 Å². The zero-order valence-corrected chi connectivity index (χ0v) is 16.2. The number of benzene rings is 1. The van der Waals surface area contributed by atoms with Gasteiger partial charge in [0.2, 0.25) is 0 Å². The summed E-state index contributed by atoms with van der Waals surface area (Å²) in [5.74, 6) is 1.75. The number of carbonyl (C=O) groups excluding carboxylic acids is 1. The second-order valence-corrected chi connectivity index (χ2v) is 6.15. The van der Waals surface area contributed by atoms with Gasteiger partial charge >= 0.3 is 6.09 Å². The Labute approximate surface area is 156 Å². The molecule has 0 radical (unpaired) electrons. The van der Waals surface area contributed by atoms with Crippen LogP contribution in [0.3, 0.4) is 0 Å². The number of piperazine rings is 1. The van der Waals surface area contributed by atoms with E-state index in [1.165, 1.54) is 0 Å². The van der Waals surface area contributed by atoms with Crippen molar-refractivity contribution in [1.82, 2.24) is 15.1 Å². The molecule has 26 heavy (non-hydrogen) atoms. The second-order valence-electron chi connectivity index (χ2n) is 6.15. The fourth-order valence-electron chi connectivity index (χ4n) is 2.87. The Morgan fingerprint density at radius 3 is 2.50 bits per heavy atom. The van der Waals surface area contributed by atoms with Gasteiger partial charge in [0.1, 0.15) is 5.75 Å². The summed E-state index contributed by atoms with van der Waals surface area (Å²) in [6, 6.07) is 6.15. The molecule has 7 nitrogen and oxygen atoms in total. The minimum atomic E-state index is -0.235. The molecule has 1 heterocycles. The van der Waals surface area contributed by atoms with Crippen molar-refractivity contribution in [2.24, 2.45) is 4.99 Å². The molecule has 0 aliphatic carbocycles. The Morgan fingerprint density at radius 2 is 1.88 bits per heavy atom. The van der Waals surface area contributed by atoms with E-state index in [0.717, 1.165) is 42.5 Å². The fourth-order valence-corrected chi connectivity index (χ4v) is 2.87. The van der Waals surface area contributed by atoms with Crippen molar-refractivity contribution in [3.63, 3.8) is 0 Å². The number of nitrogens with zero attached hydrogens (tertiary/aromatic N) is 3. The standard InChI is InChI=1S/C19H30N4O3/c1-5-20-18(21-14-16-8-7-15(3)17(13-16)25-4)22-9-11-23(12-10-22)19(24)26-6-2/h7-8,13H,5-6,9-12,14H2,1-4H3,(H,20,21). The van der Waals surface area contributed by atoms with Gasteiger partial charge in [0.15, 0.2) is 5.96 Å². The van der Waals surface area contributed by atoms with Crippen LogP contribution in [0.25, 0.3) is 0 Å². The van der Waals surface area contributed by atoms with Gasteiger partial charge in [-0.3, -0.25) is 0 Å². The molecule has 1 aromatic carbocycles. The van der Waals surface area contributed by atoms with Crippen LogP contribution in [-0.4, -0.2) is 68.3 Å². The highest BCUT2D eigenvalue weighted by Gasteiger charge is 2.23. The normalized spacial score (nSPS) is 15.0. The van der Waals surface area contributed by atoms with Crippen LogP contribution >= 0.6 is 0 Å². The smallest absolute Gasteiger partial charge is 0.409 e. The number of rotatable bonds is 5. The molecule has 0 unspecified atom stereocenters. The van der Waals surface area contributed by atoms with Crippen LogP contribution in [0.4, 0.5) is 4.79 Å². The van der Waals surface area contributed by atoms with Crippen LogP contribution in [-0.2, 0) is 11.3 Å². The van der Waals surface area contributed by atoms with Crippen LogP contribution in [0.5, 0.6) is 5.75 Å². The first-order valence-electron chi connectivity index (χ1n) is 9.17. The van der Waals surface area contributed by atoms with Crippen molar-refractivity contribution in [3.05, 3.63) is 29.3 Å². The molecule has 1 fully saturated rings. The number of aryl methyl sites for hydroxylation is 1. The maximum atomic E-state index is 11.8. The van der Waals surface area contributed by atoms with Crippen molar-refractivity contribution < 1.29 is 14.3 Å². The summed E-state index contributed by atoms with van der Waals surface area (Å²) in [5.41, 5.74) is 2.22. The van der Waals surface area contributed by atoms with E-state index in [1.54, 1.807) is 12.0 Å². The average Bonchev–Trinajstić information content (AvgIpc) is 2.66. The Balaban J connectivity index is 2.00. The summed E-state index contributed by atoms with van der Waals surface area (Å²) in [7, 11) is 1.68. The van der Waals surface area contributed by atoms with Gasteiger partial charge in [0.05, 0.1) is 20.3 Å². The zero-order valence-electron chi connectivity index (χ0n) is 16.2. The van der Waals surface area contributed by atoms with E-state index < -0.39 is 0 Å². The monoisotopic (exact) mass is 362 g/mol. The van der Waals surface area contributed by atoms with Crippen molar-refractivity contribution in [2.75, 3.05) is 46.4 Å². The number of nitrogens with one attached hydrogen (secondary N) is 1. The lowest BCUT2D eigenvalue weighted by Crippen LogP contribution is -2.53. The maximum Gasteiger partial charge on any atom is 0.409 e. The molecule has 0 saturated carbocycles. The highest BCUT2D eigenvalue weighted by Crippen LogP contribution is 2.19. The van der Waals surface area contributed by atoms with E-state index >= 15 is 0 Å². The van der Waals surface area contributed by atoms with Crippen molar-refractivity contribution in [2.45, 2.75) is 27.3 Å². The Morgan fingerprint density at radius 1 is 1.19 bits per heavy atom. The molecule has 7 heteroatoms. The molecule has 1 amide bonds. The van der Waals surface area contributed by atoms with Gasteiger partial charge in [-0.1, -0.05) is 12.1 Å². The maximum absolute atomic E-state index is 11.8. The molecule has 0 spiro atoms. The van der Waals surface area contributed by atoms with Gasteiger partial charge in [0.25, 0.3) is 0 Å². The molecular formula is C19H30N4O3. The lowest BCUT2D eigenvalue weighted by molar-refractivity contribution is 0.0914. The highest BCUT2D eigenvalue weighted by molar-refractivity contribution is 5.80. The lowest BCUT2D eigenvalue weighted by atomic mass is 10.1. The van der Waals surface area contributed by atoms with E-state index in [9.17, 15) is 4.79 Å². The van der Waals surface area contributed by atoms with E-state index in [0.29, 0.717) is 26.2 Å². The minimum Gasteiger partial charge on any atom is -0.496 e. The summed E-state index contributed by atoms with van der Waals surface area (Å²) in [6.45, 7) is 10.4. The number of ether oxygens (including phenoxy) is 2. The predicted octanol–water partition coefficient (Wildman–Crippen LogP) is 2.24. The number of amides is 1. The molecule has 0 atom stereocenters. The van der Waals surface area contributed by atoms with E-state index in [2.05, 4.69) is 29.3 Å². The fraction of sp³-hybridized carbons (Fsp3) is 0.579. The summed E-state index contributed by atoms with van der Waals surface area (Å²) in [5, 5.41) is 3.34. The van der Waals surface area contributed by atoms with Crippen molar-refractivity contribution in [3.8, 4) is 5.75 Å². The number of hydrogen-bond donors (Lipinski definition) is 1. The summed E-state index contributed by atoms with van der Waals surface area (Å²) >= 11 is 0. The van der Waals surface area contributed by atoms with Gasteiger partial charge in [-0.15, -0.1) is 0 Å². The van der Waals surface area contributed by atoms with Gasteiger partial charge in [0, 0.05) is 32.7 Å². The van der Waals surface area contributed by atoms with Gasteiger partial charge in [-0.2, -0.15) is 0 Å². The molecule has 1 aromatic rings. The molecule has 1 N–H and O–H groups in total. The SMILES string of the molecule is CCNC(=NCc1ccc(C)c(OC)c1)N1CCN(C(=O)OCC)CC1. The molecule has 0 bridgehead atoms. The largest absolute Gasteiger partial charge is 0.496 e. The third-order valence-electron chi connectivity index (χ3n) is 4.32. The highest BCUT2D eigenvalue weighted by atomic mass is 16.6. The molecule has 2 rings (SSSR count). The predicted molar refractivity (Wildman–Crippen MR) is 103 cm³/mol.